The van der Waals surface area contributed by atoms with Crippen molar-refractivity contribution in [3.8, 4) is 11.8 Å². The van der Waals surface area contributed by atoms with Crippen molar-refractivity contribution in [2.24, 2.45) is 5.41 Å². The van der Waals surface area contributed by atoms with Crippen LogP contribution in [-0.2, 0) is 18.4 Å². The number of carbonyl (C=O) groups is 1. The Morgan fingerprint density at radius 1 is 1.26 bits per heavy atom. The van der Waals surface area contributed by atoms with Crippen LogP contribution in [0.5, 0.6) is 0 Å². The molecule has 1 aliphatic rings. The fourth-order valence-corrected chi connectivity index (χ4v) is 3.24. The monoisotopic (exact) mass is 286 g/mol. The van der Waals surface area contributed by atoms with Gasteiger partial charge in [-0.3, -0.25) is 9.36 Å². The predicted molar refractivity (Wildman–Crippen MR) is 75.1 cm³/mol. The van der Waals surface area contributed by atoms with Crippen LogP contribution >= 0.6 is 7.60 Å². The number of hydrogen-bond acceptors (Lipinski definition) is 4. The van der Waals surface area contributed by atoms with Gasteiger partial charge in [-0.1, -0.05) is 13.3 Å². The summed E-state index contributed by atoms with van der Waals surface area (Å²) in [5.74, 6) is 6.13. The van der Waals surface area contributed by atoms with Crippen LogP contribution in [0.2, 0.25) is 0 Å². The first-order valence-electron chi connectivity index (χ1n) is 6.71. The second kappa shape index (κ2) is 7.24. The van der Waals surface area contributed by atoms with Gasteiger partial charge in [-0.15, -0.1) is 11.8 Å². The minimum absolute atomic E-state index is 0.0309. The molecule has 108 valence electrons. The molecular formula is C14H23O4P. The quantitative estimate of drug-likeness (QED) is 0.531. The van der Waals surface area contributed by atoms with E-state index in [0.29, 0.717) is 6.42 Å². The Labute approximate surface area is 115 Å². The first-order valence-corrected chi connectivity index (χ1v) is 8.44. The Hall–Kier alpha value is -0.620. The molecule has 1 aliphatic carbocycles. The van der Waals surface area contributed by atoms with Gasteiger partial charge in [0.15, 0.2) is 5.78 Å². The smallest absolute Gasteiger partial charge is 0.312 e. The summed E-state index contributed by atoms with van der Waals surface area (Å²) in [7, 11) is -0.632. The van der Waals surface area contributed by atoms with E-state index in [2.05, 4.69) is 18.8 Å². The van der Waals surface area contributed by atoms with Gasteiger partial charge in [-0.2, -0.15) is 0 Å². The Kier molecular flexibility index (Phi) is 6.26. The lowest BCUT2D eigenvalue weighted by Crippen LogP contribution is -2.39. The Bertz CT molecular complexity index is 407. The molecule has 0 aromatic rings. The Balaban J connectivity index is 2.67. The van der Waals surface area contributed by atoms with Gasteiger partial charge in [-0.05, 0) is 19.3 Å². The SMILES string of the molecule is CCCC#CCC1(C(=O)CP(=O)(OC)OC)CCC1. The van der Waals surface area contributed by atoms with Gasteiger partial charge < -0.3 is 9.05 Å². The summed E-state index contributed by atoms with van der Waals surface area (Å²) >= 11 is 0. The summed E-state index contributed by atoms with van der Waals surface area (Å²) in [5, 5.41) is 0. The van der Waals surface area contributed by atoms with Crippen molar-refractivity contribution in [3.05, 3.63) is 0 Å². The molecule has 1 saturated carbocycles. The van der Waals surface area contributed by atoms with Crippen molar-refractivity contribution >= 4 is 13.4 Å². The number of ketones is 1. The highest BCUT2D eigenvalue weighted by Gasteiger charge is 2.45. The van der Waals surface area contributed by atoms with E-state index < -0.39 is 13.0 Å². The van der Waals surface area contributed by atoms with Crippen LogP contribution in [0.3, 0.4) is 0 Å². The predicted octanol–water partition coefficient (Wildman–Crippen LogP) is 3.41. The highest BCUT2D eigenvalue weighted by Crippen LogP contribution is 2.52. The lowest BCUT2D eigenvalue weighted by molar-refractivity contribution is -0.130. The van der Waals surface area contributed by atoms with E-state index >= 15 is 0 Å². The zero-order valence-corrected chi connectivity index (χ0v) is 12.9. The molecule has 19 heavy (non-hydrogen) atoms. The average Bonchev–Trinajstić information content (AvgIpc) is 2.36. The zero-order chi connectivity index (χ0) is 14.4. The molecule has 1 rings (SSSR count). The number of Topliss-reactive ketones (excluding diaryl/α,β-unsaturated/α-hetero) is 1. The normalized spacial score (nSPS) is 17.2. The molecule has 4 nitrogen and oxygen atoms in total. The van der Waals surface area contributed by atoms with Gasteiger partial charge in [0, 0.05) is 32.5 Å². The first kappa shape index (κ1) is 16.4. The molecule has 0 aromatic carbocycles. The van der Waals surface area contributed by atoms with Gasteiger partial charge in [0.1, 0.15) is 6.16 Å². The third-order valence-corrected chi connectivity index (χ3v) is 5.51. The maximum Gasteiger partial charge on any atom is 0.337 e. The fourth-order valence-electron chi connectivity index (χ4n) is 2.15. The van der Waals surface area contributed by atoms with Crippen LogP contribution in [0.15, 0.2) is 0 Å². The highest BCUT2D eigenvalue weighted by molar-refractivity contribution is 7.54. The summed E-state index contributed by atoms with van der Waals surface area (Å²) in [6, 6.07) is 0. The fraction of sp³-hybridized carbons (Fsp3) is 0.786. The molecule has 0 unspecified atom stereocenters. The van der Waals surface area contributed by atoms with E-state index in [4.69, 9.17) is 9.05 Å². The maximum atomic E-state index is 12.3. The molecule has 0 bridgehead atoms. The van der Waals surface area contributed by atoms with Crippen molar-refractivity contribution in [2.75, 3.05) is 20.4 Å². The molecule has 0 saturated heterocycles. The summed E-state index contributed by atoms with van der Waals surface area (Å²) in [6.07, 6.45) is 5.01. The third kappa shape index (κ3) is 4.18. The topological polar surface area (TPSA) is 52.6 Å². The summed E-state index contributed by atoms with van der Waals surface area (Å²) in [5.41, 5.74) is -0.409. The highest BCUT2D eigenvalue weighted by atomic mass is 31.2. The number of hydrogen-bond donors (Lipinski definition) is 0. The summed E-state index contributed by atoms with van der Waals surface area (Å²) in [4.78, 5) is 12.3. The van der Waals surface area contributed by atoms with Crippen molar-refractivity contribution in [3.63, 3.8) is 0 Å². The van der Waals surface area contributed by atoms with Crippen molar-refractivity contribution < 1.29 is 18.4 Å². The maximum absolute atomic E-state index is 12.3. The third-order valence-electron chi connectivity index (χ3n) is 3.72. The second-order valence-corrected chi connectivity index (χ2v) is 7.24. The van der Waals surface area contributed by atoms with E-state index in [-0.39, 0.29) is 11.9 Å². The van der Waals surface area contributed by atoms with Crippen molar-refractivity contribution in [2.45, 2.75) is 45.4 Å². The molecule has 0 radical (unpaired) electrons. The first-order chi connectivity index (χ1) is 9.02. The van der Waals surface area contributed by atoms with Gasteiger partial charge in [0.2, 0.25) is 0 Å². The van der Waals surface area contributed by atoms with Crippen LogP contribution in [0, 0.1) is 17.3 Å². The van der Waals surface area contributed by atoms with Crippen LogP contribution in [-0.4, -0.2) is 26.2 Å². The lowest BCUT2D eigenvalue weighted by Gasteiger charge is -2.39. The molecule has 0 heterocycles. The summed E-state index contributed by atoms with van der Waals surface area (Å²) < 4.78 is 21.7. The minimum atomic E-state index is -3.26. The molecule has 0 N–H and O–H groups in total. The number of unbranched alkanes of at least 4 members (excludes halogenated alkanes) is 1. The van der Waals surface area contributed by atoms with Crippen LogP contribution < -0.4 is 0 Å². The van der Waals surface area contributed by atoms with E-state index in [9.17, 15) is 9.36 Å². The largest absolute Gasteiger partial charge is 0.337 e. The average molecular weight is 286 g/mol. The van der Waals surface area contributed by atoms with Gasteiger partial charge in [0.05, 0.1) is 0 Å². The lowest BCUT2D eigenvalue weighted by atomic mass is 9.64. The van der Waals surface area contributed by atoms with E-state index in [1.165, 1.54) is 14.2 Å². The van der Waals surface area contributed by atoms with Crippen LogP contribution in [0.4, 0.5) is 0 Å². The van der Waals surface area contributed by atoms with E-state index in [1.807, 2.05) is 0 Å². The van der Waals surface area contributed by atoms with Crippen LogP contribution in [0.1, 0.15) is 45.4 Å². The molecule has 1 fully saturated rings. The molecule has 0 aliphatic heterocycles. The van der Waals surface area contributed by atoms with E-state index in [0.717, 1.165) is 32.1 Å². The van der Waals surface area contributed by atoms with Gasteiger partial charge in [0.25, 0.3) is 0 Å². The van der Waals surface area contributed by atoms with Crippen molar-refractivity contribution in [1.82, 2.24) is 0 Å². The van der Waals surface area contributed by atoms with Gasteiger partial charge >= 0.3 is 7.60 Å². The minimum Gasteiger partial charge on any atom is -0.312 e. The molecule has 0 aromatic heterocycles. The molecule has 5 heteroatoms. The summed E-state index contributed by atoms with van der Waals surface area (Å²) in [6.45, 7) is 2.08. The number of carbonyl (C=O) groups excluding carboxylic acids is 1. The Morgan fingerprint density at radius 3 is 2.32 bits per heavy atom. The Morgan fingerprint density at radius 2 is 1.89 bits per heavy atom. The standard InChI is InChI=1S/C14H23O4P/c1-4-5-6-7-9-14(10-8-11-14)13(15)12-19(16,17-2)18-3/h4-5,8-12H2,1-3H3. The molecule has 0 amide bonds. The van der Waals surface area contributed by atoms with E-state index in [1.54, 1.807) is 0 Å². The zero-order valence-electron chi connectivity index (χ0n) is 12.0. The number of rotatable bonds is 7. The second-order valence-electron chi connectivity index (χ2n) is 4.97. The molecule has 0 spiro atoms. The molecule has 0 atom stereocenters. The van der Waals surface area contributed by atoms with Crippen molar-refractivity contribution in [1.29, 1.82) is 0 Å². The van der Waals surface area contributed by atoms with Gasteiger partial charge in [-0.25, -0.2) is 0 Å². The van der Waals surface area contributed by atoms with Crippen LogP contribution in [0.25, 0.3) is 0 Å². The molecular weight excluding hydrogens is 263 g/mol.